The first-order valence-electron chi connectivity index (χ1n) is 12.6. The highest BCUT2D eigenvalue weighted by molar-refractivity contribution is 6.14. The molecule has 3 aromatic rings. The molecule has 0 aliphatic heterocycles. The molecule has 1 atom stereocenters. The number of alkyl halides is 3. The minimum absolute atomic E-state index is 0.225. The second kappa shape index (κ2) is 10.9. The molecular formula is C31H32F3NO2. The molecule has 4 rings (SSSR count). The number of carbonyl (C=O) groups is 1. The molecule has 37 heavy (non-hydrogen) atoms. The second-order valence-corrected chi connectivity index (χ2v) is 10.2. The predicted octanol–water partition coefficient (Wildman–Crippen LogP) is 7.97. The van der Waals surface area contributed by atoms with Gasteiger partial charge in [-0.2, -0.15) is 13.2 Å². The van der Waals surface area contributed by atoms with Crippen molar-refractivity contribution in [1.82, 2.24) is 0 Å². The van der Waals surface area contributed by atoms with Crippen LogP contribution in [0.2, 0.25) is 0 Å². The Kier molecular flexibility index (Phi) is 7.86. The molecule has 0 bridgehead atoms. The van der Waals surface area contributed by atoms with Gasteiger partial charge in [-0.3, -0.25) is 4.99 Å². The van der Waals surface area contributed by atoms with E-state index in [9.17, 15) is 18.0 Å². The molecule has 0 amide bonds. The van der Waals surface area contributed by atoms with E-state index in [1.165, 1.54) is 19.2 Å². The van der Waals surface area contributed by atoms with Crippen LogP contribution in [0.3, 0.4) is 0 Å². The maximum Gasteiger partial charge on any atom is 0.416 e. The Bertz CT molecular complexity index is 1170. The first-order chi connectivity index (χ1) is 17.7. The number of hydrogen-bond donors (Lipinski definition) is 0. The van der Waals surface area contributed by atoms with E-state index < -0.39 is 23.2 Å². The van der Waals surface area contributed by atoms with Crippen molar-refractivity contribution in [1.29, 1.82) is 0 Å². The van der Waals surface area contributed by atoms with Crippen molar-refractivity contribution in [3.8, 4) is 0 Å². The monoisotopic (exact) mass is 507 g/mol. The van der Waals surface area contributed by atoms with Gasteiger partial charge in [0.2, 0.25) is 0 Å². The number of halogens is 3. The molecule has 3 nitrogen and oxygen atoms in total. The molecule has 0 saturated heterocycles. The third-order valence-electron chi connectivity index (χ3n) is 7.35. The Morgan fingerprint density at radius 1 is 0.811 bits per heavy atom. The number of methoxy groups -OCH3 is 1. The van der Waals surface area contributed by atoms with E-state index in [-0.39, 0.29) is 5.41 Å². The number of nitrogens with zero attached hydrogens (tertiary/aromatic N) is 1. The van der Waals surface area contributed by atoms with Crippen LogP contribution in [-0.2, 0) is 21.2 Å². The molecule has 0 aromatic heterocycles. The van der Waals surface area contributed by atoms with Gasteiger partial charge in [-0.1, -0.05) is 99.0 Å². The van der Waals surface area contributed by atoms with Crippen molar-refractivity contribution < 1.29 is 22.7 Å². The molecular weight excluding hydrogens is 475 g/mol. The normalized spacial score (nSPS) is 16.9. The highest BCUT2D eigenvalue weighted by atomic mass is 19.4. The standard InChI is InChI=1S/C31H32F3NO2/c1-29(20-10-5-11-21-29)22-30(28(36)37-2,25-16-18-26(19-17-25)31(32,33)34)35-27(23-12-6-3-7-13-23)24-14-8-4-9-15-24/h3-4,6-9,12-19H,5,10-11,20-22H2,1-2H3. The number of esters is 1. The van der Waals surface area contributed by atoms with Gasteiger partial charge >= 0.3 is 12.1 Å². The zero-order valence-corrected chi connectivity index (χ0v) is 21.2. The summed E-state index contributed by atoms with van der Waals surface area (Å²) in [6, 6.07) is 23.9. The maximum absolute atomic E-state index is 13.8. The summed E-state index contributed by atoms with van der Waals surface area (Å²) >= 11 is 0. The van der Waals surface area contributed by atoms with Crippen molar-refractivity contribution in [3.63, 3.8) is 0 Å². The third kappa shape index (κ3) is 5.95. The number of benzene rings is 3. The Balaban J connectivity index is 1.99. The van der Waals surface area contributed by atoms with Crippen LogP contribution in [0.4, 0.5) is 13.2 Å². The van der Waals surface area contributed by atoms with Gasteiger partial charge in [-0.05, 0) is 42.4 Å². The minimum atomic E-state index is -4.48. The Hall–Kier alpha value is -3.41. The van der Waals surface area contributed by atoms with Crippen molar-refractivity contribution in [2.75, 3.05) is 7.11 Å². The molecule has 0 spiro atoms. The highest BCUT2D eigenvalue weighted by Gasteiger charge is 2.48. The van der Waals surface area contributed by atoms with Crippen LogP contribution in [0.15, 0.2) is 89.9 Å². The molecule has 6 heteroatoms. The van der Waals surface area contributed by atoms with Crippen LogP contribution in [0, 0.1) is 5.41 Å². The van der Waals surface area contributed by atoms with Crippen LogP contribution in [0.1, 0.15) is 67.7 Å². The topological polar surface area (TPSA) is 38.7 Å². The Morgan fingerprint density at radius 3 is 1.76 bits per heavy atom. The number of hydrogen-bond acceptors (Lipinski definition) is 3. The van der Waals surface area contributed by atoms with E-state index >= 15 is 0 Å². The molecule has 1 aliphatic rings. The molecule has 0 N–H and O–H groups in total. The zero-order valence-electron chi connectivity index (χ0n) is 21.2. The number of aliphatic imine (C=N–C) groups is 1. The first kappa shape index (κ1) is 26.6. The van der Waals surface area contributed by atoms with Gasteiger partial charge in [-0.25, -0.2) is 4.79 Å². The fourth-order valence-corrected chi connectivity index (χ4v) is 5.42. The van der Waals surface area contributed by atoms with E-state index in [1.54, 1.807) is 0 Å². The molecule has 0 radical (unpaired) electrons. The van der Waals surface area contributed by atoms with E-state index in [2.05, 4.69) is 6.92 Å². The Labute approximate surface area is 216 Å². The molecule has 1 unspecified atom stereocenters. The largest absolute Gasteiger partial charge is 0.467 e. The van der Waals surface area contributed by atoms with E-state index in [4.69, 9.17) is 9.73 Å². The van der Waals surface area contributed by atoms with Crippen molar-refractivity contribution in [2.45, 2.75) is 57.2 Å². The molecule has 1 aliphatic carbocycles. The summed E-state index contributed by atoms with van der Waals surface area (Å²) in [6.07, 6.45) is 0.875. The lowest BCUT2D eigenvalue weighted by molar-refractivity contribution is -0.149. The number of rotatable bonds is 7. The lowest BCUT2D eigenvalue weighted by Crippen LogP contribution is -2.42. The van der Waals surface area contributed by atoms with Crippen molar-refractivity contribution >= 4 is 11.7 Å². The molecule has 3 aromatic carbocycles. The van der Waals surface area contributed by atoms with Gasteiger partial charge < -0.3 is 4.74 Å². The second-order valence-electron chi connectivity index (χ2n) is 10.2. The zero-order chi connectivity index (χ0) is 26.5. The van der Waals surface area contributed by atoms with Gasteiger partial charge in [-0.15, -0.1) is 0 Å². The average molecular weight is 508 g/mol. The van der Waals surface area contributed by atoms with E-state index in [0.29, 0.717) is 17.7 Å². The first-order valence-corrected chi connectivity index (χ1v) is 12.6. The Morgan fingerprint density at radius 2 is 1.30 bits per heavy atom. The van der Waals surface area contributed by atoms with Gasteiger partial charge in [0.05, 0.1) is 18.4 Å². The summed E-state index contributed by atoms with van der Waals surface area (Å²) in [4.78, 5) is 19.0. The summed E-state index contributed by atoms with van der Waals surface area (Å²) < 4.78 is 45.6. The molecule has 0 heterocycles. The minimum Gasteiger partial charge on any atom is -0.467 e. The summed E-state index contributed by atoms with van der Waals surface area (Å²) in [6.45, 7) is 2.15. The van der Waals surface area contributed by atoms with Gasteiger partial charge in [0.1, 0.15) is 0 Å². The molecule has 194 valence electrons. The van der Waals surface area contributed by atoms with Crippen LogP contribution in [-0.4, -0.2) is 18.8 Å². The third-order valence-corrected chi connectivity index (χ3v) is 7.35. The number of ether oxygens (including phenoxy) is 1. The summed E-state index contributed by atoms with van der Waals surface area (Å²) in [5.74, 6) is -0.580. The van der Waals surface area contributed by atoms with E-state index in [0.717, 1.165) is 55.4 Å². The van der Waals surface area contributed by atoms with Crippen LogP contribution >= 0.6 is 0 Å². The average Bonchev–Trinajstić information content (AvgIpc) is 2.91. The van der Waals surface area contributed by atoms with Crippen LogP contribution < -0.4 is 0 Å². The van der Waals surface area contributed by atoms with Crippen LogP contribution in [0.25, 0.3) is 0 Å². The van der Waals surface area contributed by atoms with Crippen LogP contribution in [0.5, 0.6) is 0 Å². The van der Waals surface area contributed by atoms with Gasteiger partial charge in [0.15, 0.2) is 5.54 Å². The van der Waals surface area contributed by atoms with Gasteiger partial charge in [0.25, 0.3) is 0 Å². The molecule has 1 fully saturated rings. The van der Waals surface area contributed by atoms with Crippen molar-refractivity contribution in [3.05, 3.63) is 107 Å². The summed E-state index contributed by atoms with van der Waals surface area (Å²) in [5, 5.41) is 0. The molecule has 1 saturated carbocycles. The fourth-order valence-electron chi connectivity index (χ4n) is 5.42. The van der Waals surface area contributed by atoms with Gasteiger partial charge in [0, 0.05) is 11.1 Å². The summed E-state index contributed by atoms with van der Waals surface area (Å²) in [7, 11) is 1.31. The highest BCUT2D eigenvalue weighted by Crippen LogP contribution is 2.48. The lowest BCUT2D eigenvalue weighted by Gasteiger charge is -2.41. The number of carbonyl (C=O) groups excluding carboxylic acids is 1. The predicted molar refractivity (Wildman–Crippen MR) is 139 cm³/mol. The summed E-state index contributed by atoms with van der Waals surface area (Å²) in [5.41, 5.74) is 0.0809. The lowest BCUT2D eigenvalue weighted by atomic mass is 9.66. The smallest absolute Gasteiger partial charge is 0.416 e. The SMILES string of the molecule is COC(=O)C(CC1(C)CCCCC1)(N=C(c1ccccc1)c1ccccc1)c1ccc(C(F)(F)F)cc1. The van der Waals surface area contributed by atoms with E-state index in [1.807, 2.05) is 60.7 Å². The fraction of sp³-hybridized carbons (Fsp3) is 0.355. The quantitative estimate of drug-likeness (QED) is 0.240. The van der Waals surface area contributed by atoms with Crippen molar-refractivity contribution in [2.24, 2.45) is 10.4 Å². The maximum atomic E-state index is 13.8.